The largest absolute Gasteiger partial charge is 0.449 e. The molecule has 3 nitrogen and oxygen atoms in total. The van der Waals surface area contributed by atoms with Crippen molar-refractivity contribution in [3.05, 3.63) is 109 Å². The van der Waals surface area contributed by atoms with Crippen molar-refractivity contribution >= 4 is 49.8 Å². The molecule has 0 spiro atoms. The summed E-state index contributed by atoms with van der Waals surface area (Å²) in [4.78, 5) is 0. The first kappa shape index (κ1) is 23.0. The van der Waals surface area contributed by atoms with Crippen LogP contribution in [0.4, 0.5) is 22.7 Å². The minimum Gasteiger partial charge on any atom is -0.449 e. The van der Waals surface area contributed by atoms with Gasteiger partial charge in [-0.15, -0.1) is 0 Å². The zero-order chi connectivity index (χ0) is 23.3. The molecule has 0 radical (unpaired) electrons. The second kappa shape index (κ2) is 9.79. The maximum absolute atomic E-state index is 6.95. The van der Waals surface area contributed by atoms with Crippen molar-refractivity contribution in [1.29, 1.82) is 0 Å². The average Bonchev–Trinajstić information content (AvgIpc) is 2.80. The minimum absolute atomic E-state index is 1.09. The summed E-state index contributed by atoms with van der Waals surface area (Å²) >= 11 is 0. The van der Waals surface area contributed by atoms with E-state index >= 15 is 0 Å². The van der Waals surface area contributed by atoms with Crippen LogP contribution in [-0.4, -0.2) is 16.6 Å². The highest BCUT2D eigenvalue weighted by molar-refractivity contribution is 6.96. The summed E-state index contributed by atoms with van der Waals surface area (Å²) in [5, 5.41) is 9.53. The maximum Gasteiger partial charge on any atom is 0.206 e. The van der Waals surface area contributed by atoms with Gasteiger partial charge in [-0.2, -0.15) is 0 Å². The molecule has 0 aliphatic rings. The van der Waals surface area contributed by atoms with Gasteiger partial charge in [-0.25, -0.2) is 0 Å². The van der Waals surface area contributed by atoms with Crippen molar-refractivity contribution in [1.82, 2.24) is 0 Å². The Labute approximate surface area is 199 Å². The number of anilines is 4. The van der Waals surface area contributed by atoms with E-state index < -0.39 is 16.6 Å². The molecule has 0 amide bonds. The fourth-order valence-corrected chi connectivity index (χ4v) is 12.0. The Morgan fingerprint density at radius 1 is 0.424 bits per heavy atom. The molecule has 4 aromatic rings. The lowest BCUT2D eigenvalue weighted by Gasteiger charge is -2.34. The zero-order valence-corrected chi connectivity index (χ0v) is 21.8. The molecule has 0 saturated carbocycles. The third-order valence-corrected chi connectivity index (χ3v) is 13.3. The van der Waals surface area contributed by atoms with Crippen molar-refractivity contribution in [2.75, 3.05) is 10.6 Å². The van der Waals surface area contributed by atoms with Crippen molar-refractivity contribution in [2.45, 2.75) is 26.2 Å². The minimum atomic E-state index is -2.07. The second-order valence-electron chi connectivity index (χ2n) is 9.26. The van der Waals surface area contributed by atoms with Gasteiger partial charge in [0.1, 0.15) is 0 Å². The fourth-order valence-electron chi connectivity index (χ4n) is 4.04. The monoisotopic (exact) mass is 468 g/mol. The van der Waals surface area contributed by atoms with Gasteiger partial charge < -0.3 is 14.7 Å². The first-order chi connectivity index (χ1) is 15.8. The molecule has 4 aromatic carbocycles. The number of nitrogens with one attached hydrogen (secondary N) is 2. The highest BCUT2D eigenvalue weighted by atomic mass is 28.4. The van der Waals surface area contributed by atoms with Crippen LogP contribution in [0.25, 0.3) is 0 Å². The summed E-state index contributed by atoms with van der Waals surface area (Å²) in [6.45, 7) is 9.19. The van der Waals surface area contributed by atoms with Crippen molar-refractivity contribution in [2.24, 2.45) is 0 Å². The molecule has 0 aromatic heterocycles. The van der Waals surface area contributed by atoms with Crippen LogP contribution in [0.15, 0.2) is 109 Å². The predicted octanol–water partition coefficient (Wildman–Crippen LogP) is 6.71. The van der Waals surface area contributed by atoms with E-state index in [0.717, 1.165) is 22.7 Å². The van der Waals surface area contributed by atoms with Gasteiger partial charge >= 0.3 is 0 Å². The topological polar surface area (TPSA) is 33.3 Å². The zero-order valence-electron chi connectivity index (χ0n) is 19.8. The van der Waals surface area contributed by atoms with Gasteiger partial charge in [-0.3, -0.25) is 0 Å². The van der Waals surface area contributed by atoms with E-state index in [1.807, 2.05) is 36.4 Å². The molecular weight excluding hydrogens is 436 g/mol. The SMILES string of the molecule is C[Si](C)(O[Si](C)(C)c1ccc(Nc2ccccc2)cc1)c1ccc(Nc2ccccc2)cc1. The smallest absolute Gasteiger partial charge is 0.206 e. The lowest BCUT2D eigenvalue weighted by Crippen LogP contribution is -2.57. The molecule has 33 heavy (non-hydrogen) atoms. The van der Waals surface area contributed by atoms with Crippen LogP contribution >= 0.6 is 0 Å². The third-order valence-electron chi connectivity index (χ3n) is 5.80. The first-order valence-electron chi connectivity index (χ1n) is 11.4. The molecule has 168 valence electrons. The molecule has 0 atom stereocenters. The van der Waals surface area contributed by atoms with Gasteiger partial charge in [0.2, 0.25) is 16.6 Å². The normalized spacial score (nSPS) is 11.8. The Morgan fingerprint density at radius 3 is 1.06 bits per heavy atom. The number of hydrogen-bond acceptors (Lipinski definition) is 3. The Kier molecular flexibility index (Phi) is 6.84. The summed E-state index contributed by atoms with van der Waals surface area (Å²) in [5.74, 6) is 0. The van der Waals surface area contributed by atoms with Crippen molar-refractivity contribution in [3.63, 3.8) is 0 Å². The summed E-state index contributed by atoms with van der Waals surface area (Å²) in [7, 11) is -4.14. The van der Waals surface area contributed by atoms with Gasteiger partial charge in [0.15, 0.2) is 0 Å². The third kappa shape index (κ3) is 6.02. The quantitative estimate of drug-likeness (QED) is 0.282. The van der Waals surface area contributed by atoms with Crippen LogP contribution in [0.3, 0.4) is 0 Å². The number of hydrogen-bond donors (Lipinski definition) is 2. The van der Waals surface area contributed by atoms with Crippen molar-refractivity contribution in [3.8, 4) is 0 Å². The highest BCUT2D eigenvalue weighted by Gasteiger charge is 2.35. The lowest BCUT2D eigenvalue weighted by atomic mass is 10.3. The lowest BCUT2D eigenvalue weighted by molar-refractivity contribution is 0.573. The summed E-state index contributed by atoms with van der Waals surface area (Å²) < 4.78 is 6.95. The Balaban J connectivity index is 1.43. The van der Waals surface area contributed by atoms with E-state index in [-0.39, 0.29) is 0 Å². The average molecular weight is 469 g/mol. The van der Waals surface area contributed by atoms with E-state index in [4.69, 9.17) is 4.12 Å². The van der Waals surface area contributed by atoms with Crippen LogP contribution < -0.4 is 21.0 Å². The predicted molar refractivity (Wildman–Crippen MR) is 148 cm³/mol. The van der Waals surface area contributed by atoms with E-state index in [1.165, 1.54) is 10.4 Å². The molecule has 0 unspecified atom stereocenters. The van der Waals surface area contributed by atoms with Gasteiger partial charge in [-0.1, -0.05) is 60.7 Å². The summed E-state index contributed by atoms with van der Waals surface area (Å²) in [5.41, 5.74) is 4.37. The first-order valence-corrected chi connectivity index (χ1v) is 17.2. The molecule has 5 heteroatoms. The molecule has 0 heterocycles. The van der Waals surface area contributed by atoms with Crippen LogP contribution in [0.1, 0.15) is 0 Å². The van der Waals surface area contributed by atoms with E-state index in [9.17, 15) is 0 Å². The van der Waals surface area contributed by atoms with Crippen LogP contribution in [-0.2, 0) is 4.12 Å². The molecule has 2 N–H and O–H groups in total. The van der Waals surface area contributed by atoms with E-state index in [2.05, 4.69) is 110 Å². The van der Waals surface area contributed by atoms with Crippen LogP contribution in [0.2, 0.25) is 26.2 Å². The summed E-state index contributed by atoms with van der Waals surface area (Å²) in [6, 6.07) is 38.0. The van der Waals surface area contributed by atoms with Crippen molar-refractivity contribution < 1.29 is 4.12 Å². The molecule has 4 rings (SSSR count). The Bertz CT molecular complexity index is 1070. The Hall–Kier alpha value is -3.13. The number of benzene rings is 4. The number of rotatable bonds is 8. The molecular formula is C28H32N2OSi2. The van der Waals surface area contributed by atoms with Gasteiger partial charge in [0.25, 0.3) is 0 Å². The molecule has 0 aliphatic heterocycles. The highest BCUT2D eigenvalue weighted by Crippen LogP contribution is 2.20. The van der Waals surface area contributed by atoms with E-state index in [0.29, 0.717) is 0 Å². The fraction of sp³-hybridized carbons (Fsp3) is 0.143. The summed E-state index contributed by atoms with van der Waals surface area (Å²) in [6.07, 6.45) is 0. The van der Waals surface area contributed by atoms with Crippen LogP contribution in [0, 0.1) is 0 Å². The van der Waals surface area contributed by atoms with Crippen LogP contribution in [0.5, 0.6) is 0 Å². The maximum atomic E-state index is 6.95. The van der Waals surface area contributed by atoms with Gasteiger partial charge in [-0.05, 0) is 85.1 Å². The van der Waals surface area contributed by atoms with E-state index in [1.54, 1.807) is 0 Å². The van der Waals surface area contributed by atoms with Gasteiger partial charge in [0.05, 0.1) is 0 Å². The Morgan fingerprint density at radius 2 is 0.727 bits per heavy atom. The molecule has 0 saturated heterocycles. The molecule has 0 fully saturated rings. The standard InChI is InChI=1S/C28H32N2OSi2/c1-32(2,27-19-15-25(16-20-27)29-23-11-7-5-8-12-23)31-33(3,4)28-21-17-26(18-22-28)30-24-13-9-6-10-14-24/h5-22,29-30H,1-4H3. The second-order valence-corrected chi connectivity index (χ2v) is 17.3. The molecule has 0 bridgehead atoms. The number of para-hydroxylation sites is 2. The molecule has 0 aliphatic carbocycles. The van der Waals surface area contributed by atoms with Gasteiger partial charge in [0, 0.05) is 22.7 Å².